The number of carboxylic acid groups (broad SMARTS) is 1. The Hall–Kier alpha value is -1.03. The third-order valence-electron chi connectivity index (χ3n) is 0.990. The van der Waals surface area contributed by atoms with Crippen molar-refractivity contribution in [3.05, 3.63) is 12.7 Å². The molecule has 0 fully saturated rings. The van der Waals surface area contributed by atoms with Crippen molar-refractivity contribution in [3.8, 4) is 0 Å². The van der Waals surface area contributed by atoms with Crippen LogP contribution < -0.4 is 0 Å². The number of carbonyl (C=O) groups is 1. The highest BCUT2D eigenvalue weighted by Gasteiger charge is 2.06. The second kappa shape index (κ2) is 4.81. The third kappa shape index (κ3) is 3.09. The van der Waals surface area contributed by atoms with E-state index in [1.807, 2.05) is 0 Å². The number of hydrogen-bond acceptors (Lipinski definition) is 2. The van der Waals surface area contributed by atoms with Gasteiger partial charge in [-0.15, -0.1) is 6.58 Å². The predicted octanol–water partition coefficient (Wildman–Crippen LogP) is 0.145. The summed E-state index contributed by atoms with van der Waals surface area (Å²) in [5.74, 6) is 0. The molecule has 0 saturated carbocycles. The fourth-order valence-electron chi connectivity index (χ4n) is 0.542. The van der Waals surface area contributed by atoms with E-state index in [4.69, 9.17) is 10.2 Å². The van der Waals surface area contributed by atoms with E-state index < -0.39 is 6.09 Å². The van der Waals surface area contributed by atoms with Gasteiger partial charge in [0.1, 0.15) is 0 Å². The van der Waals surface area contributed by atoms with Gasteiger partial charge in [-0.3, -0.25) is 0 Å². The fraction of sp³-hybridized carbons (Fsp3) is 0.500. The summed E-state index contributed by atoms with van der Waals surface area (Å²) in [5.41, 5.74) is 0. The van der Waals surface area contributed by atoms with Gasteiger partial charge < -0.3 is 15.1 Å². The molecule has 0 aromatic rings. The third-order valence-corrected chi connectivity index (χ3v) is 0.990. The molecule has 0 saturated heterocycles. The van der Waals surface area contributed by atoms with E-state index in [1.165, 1.54) is 6.08 Å². The number of aliphatic hydroxyl groups excluding tert-OH is 1. The SMILES string of the molecule is C=CCN(CCO)C(=O)O. The molecular formula is C6H11NO3. The van der Waals surface area contributed by atoms with Crippen molar-refractivity contribution in [1.29, 1.82) is 0 Å². The molecule has 1 amide bonds. The summed E-state index contributed by atoms with van der Waals surface area (Å²) in [6.45, 7) is 3.63. The maximum absolute atomic E-state index is 10.2. The van der Waals surface area contributed by atoms with E-state index >= 15 is 0 Å². The van der Waals surface area contributed by atoms with E-state index in [0.29, 0.717) is 0 Å². The lowest BCUT2D eigenvalue weighted by Crippen LogP contribution is -2.32. The molecule has 0 atom stereocenters. The molecular weight excluding hydrogens is 134 g/mol. The lowest BCUT2D eigenvalue weighted by atomic mass is 10.5. The molecule has 0 bridgehead atoms. The van der Waals surface area contributed by atoms with Gasteiger partial charge in [0.2, 0.25) is 0 Å². The van der Waals surface area contributed by atoms with E-state index in [0.717, 1.165) is 4.90 Å². The minimum atomic E-state index is -1.03. The molecule has 0 aromatic carbocycles. The van der Waals surface area contributed by atoms with Crippen LogP contribution in [-0.2, 0) is 0 Å². The minimum absolute atomic E-state index is 0.140. The molecule has 0 aliphatic rings. The standard InChI is InChI=1S/C6H11NO3/c1-2-3-7(4-5-8)6(9)10/h2,8H,1,3-5H2,(H,9,10). The number of aliphatic hydroxyl groups is 1. The molecule has 0 aliphatic carbocycles. The summed E-state index contributed by atoms with van der Waals surface area (Å²) in [7, 11) is 0. The van der Waals surface area contributed by atoms with Crippen LogP contribution in [0.4, 0.5) is 4.79 Å². The van der Waals surface area contributed by atoms with E-state index in [-0.39, 0.29) is 19.7 Å². The van der Waals surface area contributed by atoms with E-state index in [2.05, 4.69) is 6.58 Å². The first kappa shape index (κ1) is 8.97. The van der Waals surface area contributed by atoms with Crippen LogP contribution in [0.15, 0.2) is 12.7 Å². The number of hydrogen-bond donors (Lipinski definition) is 2. The number of amides is 1. The first-order valence-corrected chi connectivity index (χ1v) is 2.92. The fourth-order valence-corrected chi connectivity index (χ4v) is 0.542. The highest BCUT2D eigenvalue weighted by Crippen LogP contribution is 1.87. The van der Waals surface area contributed by atoms with Crippen molar-refractivity contribution < 1.29 is 15.0 Å². The largest absolute Gasteiger partial charge is 0.465 e. The van der Waals surface area contributed by atoms with Crippen molar-refractivity contribution in [2.75, 3.05) is 19.7 Å². The molecule has 4 nitrogen and oxygen atoms in total. The molecule has 0 radical (unpaired) electrons. The van der Waals surface area contributed by atoms with Gasteiger partial charge in [0.25, 0.3) is 0 Å². The Balaban J connectivity index is 3.71. The van der Waals surface area contributed by atoms with Gasteiger partial charge in [-0.2, -0.15) is 0 Å². The van der Waals surface area contributed by atoms with Crippen LogP contribution in [0, 0.1) is 0 Å². The lowest BCUT2D eigenvalue weighted by Gasteiger charge is -2.14. The van der Waals surface area contributed by atoms with Crippen LogP contribution in [0.3, 0.4) is 0 Å². The van der Waals surface area contributed by atoms with Gasteiger partial charge in [-0.1, -0.05) is 6.08 Å². The second-order valence-electron chi connectivity index (χ2n) is 1.74. The number of nitrogens with zero attached hydrogens (tertiary/aromatic N) is 1. The molecule has 2 N–H and O–H groups in total. The molecule has 58 valence electrons. The zero-order chi connectivity index (χ0) is 7.98. The summed E-state index contributed by atoms with van der Waals surface area (Å²) in [5, 5.41) is 16.8. The molecule has 0 rings (SSSR count). The van der Waals surface area contributed by atoms with Gasteiger partial charge in [0, 0.05) is 13.1 Å². The van der Waals surface area contributed by atoms with Crippen molar-refractivity contribution in [2.45, 2.75) is 0 Å². The summed E-state index contributed by atoms with van der Waals surface area (Å²) >= 11 is 0. The Morgan fingerprint density at radius 1 is 1.70 bits per heavy atom. The molecule has 10 heavy (non-hydrogen) atoms. The summed E-state index contributed by atoms with van der Waals surface area (Å²) < 4.78 is 0. The summed E-state index contributed by atoms with van der Waals surface area (Å²) in [6.07, 6.45) is 0.443. The van der Waals surface area contributed by atoms with Gasteiger partial charge >= 0.3 is 6.09 Å². The monoisotopic (exact) mass is 145 g/mol. The topological polar surface area (TPSA) is 60.8 Å². The van der Waals surface area contributed by atoms with E-state index in [9.17, 15) is 4.79 Å². The zero-order valence-corrected chi connectivity index (χ0v) is 5.66. The molecule has 0 aromatic heterocycles. The number of rotatable bonds is 4. The average Bonchev–Trinajstić information content (AvgIpc) is 1.87. The quantitative estimate of drug-likeness (QED) is 0.553. The molecule has 0 aliphatic heterocycles. The van der Waals surface area contributed by atoms with Gasteiger partial charge in [-0.05, 0) is 0 Å². The predicted molar refractivity (Wildman–Crippen MR) is 36.9 cm³/mol. The van der Waals surface area contributed by atoms with Crippen molar-refractivity contribution >= 4 is 6.09 Å². The Morgan fingerprint density at radius 2 is 2.30 bits per heavy atom. The smallest absolute Gasteiger partial charge is 0.407 e. The highest BCUT2D eigenvalue weighted by molar-refractivity contribution is 5.65. The van der Waals surface area contributed by atoms with Crippen molar-refractivity contribution in [1.82, 2.24) is 4.90 Å². The Kier molecular flexibility index (Phi) is 4.32. The maximum Gasteiger partial charge on any atom is 0.407 e. The van der Waals surface area contributed by atoms with Crippen LogP contribution in [0.25, 0.3) is 0 Å². The molecule has 0 heterocycles. The second-order valence-corrected chi connectivity index (χ2v) is 1.74. The van der Waals surface area contributed by atoms with E-state index in [1.54, 1.807) is 0 Å². The Labute approximate surface area is 59.4 Å². The van der Waals surface area contributed by atoms with Gasteiger partial charge in [0.15, 0.2) is 0 Å². The highest BCUT2D eigenvalue weighted by atomic mass is 16.4. The first-order valence-electron chi connectivity index (χ1n) is 2.92. The summed E-state index contributed by atoms with van der Waals surface area (Å²) in [4.78, 5) is 11.3. The Morgan fingerprint density at radius 3 is 2.60 bits per heavy atom. The van der Waals surface area contributed by atoms with Crippen LogP contribution in [0.1, 0.15) is 0 Å². The Bertz CT molecular complexity index is 124. The zero-order valence-electron chi connectivity index (χ0n) is 5.66. The molecule has 0 spiro atoms. The maximum atomic E-state index is 10.2. The normalized spacial score (nSPS) is 8.90. The van der Waals surface area contributed by atoms with Crippen LogP contribution in [0.2, 0.25) is 0 Å². The van der Waals surface area contributed by atoms with Crippen LogP contribution in [0.5, 0.6) is 0 Å². The van der Waals surface area contributed by atoms with Crippen LogP contribution in [-0.4, -0.2) is 40.9 Å². The minimum Gasteiger partial charge on any atom is -0.465 e. The average molecular weight is 145 g/mol. The van der Waals surface area contributed by atoms with Crippen molar-refractivity contribution in [2.24, 2.45) is 0 Å². The lowest BCUT2D eigenvalue weighted by molar-refractivity contribution is 0.138. The van der Waals surface area contributed by atoms with Crippen LogP contribution >= 0.6 is 0 Å². The van der Waals surface area contributed by atoms with Gasteiger partial charge in [-0.25, -0.2) is 4.79 Å². The molecule has 4 heteroatoms. The van der Waals surface area contributed by atoms with Crippen molar-refractivity contribution in [3.63, 3.8) is 0 Å². The first-order chi connectivity index (χ1) is 4.72. The summed E-state index contributed by atoms with van der Waals surface area (Å²) in [6, 6.07) is 0. The van der Waals surface area contributed by atoms with Gasteiger partial charge in [0.05, 0.1) is 6.61 Å². The molecule has 0 unspecified atom stereocenters.